The molecule has 2 aromatic rings. The van der Waals surface area contributed by atoms with Crippen molar-refractivity contribution in [1.82, 2.24) is 0 Å². The quantitative estimate of drug-likeness (QED) is 0.587. The van der Waals surface area contributed by atoms with E-state index in [4.69, 9.17) is 0 Å². The Balaban J connectivity index is 2.78. The van der Waals surface area contributed by atoms with Crippen molar-refractivity contribution < 1.29 is 31.5 Å². The van der Waals surface area contributed by atoms with Gasteiger partial charge in [0.1, 0.15) is 11.6 Å². The summed E-state index contributed by atoms with van der Waals surface area (Å²) in [5, 5.41) is 0. The van der Waals surface area contributed by atoms with Crippen LogP contribution in [0.1, 0.15) is 21.5 Å². The van der Waals surface area contributed by atoms with Gasteiger partial charge in [0.15, 0.2) is 0 Å². The van der Waals surface area contributed by atoms with Gasteiger partial charge in [-0.25, -0.2) is 13.6 Å². The summed E-state index contributed by atoms with van der Waals surface area (Å²) in [6, 6.07) is 4.24. The highest BCUT2D eigenvalue weighted by Gasteiger charge is 2.35. The monoisotopic (exact) mass is 330 g/mol. The molecule has 0 bridgehead atoms. The average molecular weight is 330 g/mol. The zero-order valence-electron chi connectivity index (χ0n) is 12.1. The Kier molecular flexibility index (Phi) is 4.40. The number of carbonyl (C=O) groups is 1. The third kappa shape index (κ3) is 3.33. The van der Waals surface area contributed by atoms with Crippen LogP contribution in [0, 0.1) is 18.6 Å². The Labute approximate surface area is 128 Å². The van der Waals surface area contributed by atoms with E-state index in [0.717, 1.165) is 25.3 Å². The number of rotatable bonds is 2. The number of halogens is 5. The van der Waals surface area contributed by atoms with Crippen molar-refractivity contribution in [3.05, 3.63) is 58.7 Å². The molecule has 0 aliphatic heterocycles. The molecule has 0 spiro atoms. The molecule has 0 atom stereocenters. The smallest absolute Gasteiger partial charge is 0.417 e. The van der Waals surface area contributed by atoms with Gasteiger partial charge in [-0.15, -0.1) is 0 Å². The maximum atomic E-state index is 14.5. The molecule has 0 N–H and O–H groups in total. The minimum atomic E-state index is -4.88. The first-order valence-electron chi connectivity index (χ1n) is 6.40. The molecule has 0 aliphatic carbocycles. The second-order valence-electron chi connectivity index (χ2n) is 4.85. The number of alkyl halides is 3. The molecule has 2 rings (SSSR count). The molecule has 0 heterocycles. The fourth-order valence-electron chi connectivity index (χ4n) is 2.21. The summed E-state index contributed by atoms with van der Waals surface area (Å²) >= 11 is 0. The Morgan fingerprint density at radius 1 is 1.04 bits per heavy atom. The van der Waals surface area contributed by atoms with Gasteiger partial charge in [-0.1, -0.05) is 6.07 Å². The first-order valence-corrected chi connectivity index (χ1v) is 6.40. The van der Waals surface area contributed by atoms with E-state index in [1.807, 2.05) is 0 Å². The Hall–Kier alpha value is -2.44. The molecule has 2 nitrogen and oxygen atoms in total. The molecule has 0 amide bonds. The molecule has 0 aromatic heterocycles. The summed E-state index contributed by atoms with van der Waals surface area (Å²) in [5.74, 6) is -3.26. The molecule has 0 saturated heterocycles. The molecule has 0 unspecified atom stereocenters. The fraction of sp³-hybridized carbons (Fsp3) is 0.188. The molecule has 122 valence electrons. The van der Waals surface area contributed by atoms with Gasteiger partial charge in [-0.2, -0.15) is 13.2 Å². The van der Waals surface area contributed by atoms with E-state index in [1.54, 1.807) is 0 Å². The molecule has 0 saturated carbocycles. The molecule has 7 heteroatoms. The normalized spacial score (nSPS) is 11.4. The molecule has 0 radical (unpaired) electrons. The van der Waals surface area contributed by atoms with Gasteiger partial charge in [0.05, 0.1) is 18.2 Å². The predicted molar refractivity (Wildman–Crippen MR) is 72.9 cm³/mol. The van der Waals surface area contributed by atoms with Crippen LogP contribution in [-0.4, -0.2) is 13.1 Å². The summed E-state index contributed by atoms with van der Waals surface area (Å²) in [5.41, 5.74) is -2.44. The second-order valence-corrected chi connectivity index (χ2v) is 4.85. The van der Waals surface area contributed by atoms with Gasteiger partial charge in [0.25, 0.3) is 0 Å². The van der Waals surface area contributed by atoms with Crippen molar-refractivity contribution in [2.45, 2.75) is 13.1 Å². The highest BCUT2D eigenvalue weighted by molar-refractivity contribution is 5.92. The van der Waals surface area contributed by atoms with E-state index >= 15 is 0 Å². The van der Waals surface area contributed by atoms with Crippen molar-refractivity contribution in [1.29, 1.82) is 0 Å². The number of ether oxygens (including phenoxy) is 1. The lowest BCUT2D eigenvalue weighted by Crippen LogP contribution is -2.10. The number of benzene rings is 2. The van der Waals surface area contributed by atoms with Crippen LogP contribution in [0.15, 0.2) is 30.3 Å². The highest BCUT2D eigenvalue weighted by atomic mass is 19.4. The summed E-state index contributed by atoms with van der Waals surface area (Å²) in [6.45, 7) is 1.49. The van der Waals surface area contributed by atoms with Gasteiger partial charge in [0.2, 0.25) is 0 Å². The lowest BCUT2D eigenvalue weighted by molar-refractivity contribution is -0.137. The highest BCUT2D eigenvalue weighted by Crippen LogP contribution is 2.39. The van der Waals surface area contributed by atoms with Crippen molar-refractivity contribution in [2.75, 3.05) is 7.11 Å². The van der Waals surface area contributed by atoms with Crippen molar-refractivity contribution in [2.24, 2.45) is 0 Å². The van der Waals surface area contributed by atoms with Gasteiger partial charge in [0, 0.05) is 5.56 Å². The lowest BCUT2D eigenvalue weighted by atomic mass is 9.95. The van der Waals surface area contributed by atoms with E-state index in [9.17, 15) is 26.7 Å². The van der Waals surface area contributed by atoms with E-state index in [1.165, 1.54) is 13.0 Å². The Bertz CT molecular complexity index is 766. The zero-order valence-corrected chi connectivity index (χ0v) is 12.1. The zero-order chi connectivity index (χ0) is 17.4. The van der Waals surface area contributed by atoms with Crippen LogP contribution in [0.5, 0.6) is 0 Å². The van der Waals surface area contributed by atoms with Crippen LogP contribution in [0.4, 0.5) is 22.0 Å². The number of hydrogen-bond acceptors (Lipinski definition) is 2. The summed E-state index contributed by atoms with van der Waals surface area (Å²) < 4.78 is 71.3. The molecule has 0 aliphatic rings. The number of esters is 1. The first kappa shape index (κ1) is 16.9. The van der Waals surface area contributed by atoms with Crippen LogP contribution in [-0.2, 0) is 10.9 Å². The second kappa shape index (κ2) is 5.98. The van der Waals surface area contributed by atoms with Crippen LogP contribution in [0.25, 0.3) is 11.1 Å². The minimum Gasteiger partial charge on any atom is -0.465 e. The summed E-state index contributed by atoms with van der Waals surface area (Å²) in [7, 11) is 1.03. The van der Waals surface area contributed by atoms with Gasteiger partial charge < -0.3 is 4.74 Å². The van der Waals surface area contributed by atoms with Crippen molar-refractivity contribution >= 4 is 5.97 Å². The third-order valence-corrected chi connectivity index (χ3v) is 3.20. The molecule has 23 heavy (non-hydrogen) atoms. The molecule has 2 aromatic carbocycles. The third-order valence-electron chi connectivity index (χ3n) is 3.20. The lowest BCUT2D eigenvalue weighted by Gasteiger charge is -2.15. The SMILES string of the molecule is COC(=O)c1cc(C)cc(-c2ccc(F)cc2C(F)(F)F)c1F. The van der Waals surface area contributed by atoms with Crippen LogP contribution in [0.2, 0.25) is 0 Å². The van der Waals surface area contributed by atoms with Crippen LogP contribution in [0.3, 0.4) is 0 Å². The maximum Gasteiger partial charge on any atom is 0.417 e. The average Bonchev–Trinajstić information content (AvgIpc) is 2.47. The largest absolute Gasteiger partial charge is 0.465 e. The summed E-state index contributed by atoms with van der Waals surface area (Å²) in [4.78, 5) is 11.6. The number of carbonyl (C=O) groups excluding carboxylic acids is 1. The predicted octanol–water partition coefficient (Wildman–Crippen LogP) is 4.75. The van der Waals surface area contributed by atoms with Crippen molar-refractivity contribution in [3.63, 3.8) is 0 Å². The van der Waals surface area contributed by atoms with E-state index in [-0.39, 0.29) is 6.07 Å². The number of methoxy groups -OCH3 is 1. The minimum absolute atomic E-state index is 0.287. The molecule has 0 fully saturated rings. The maximum absolute atomic E-state index is 14.5. The van der Waals surface area contributed by atoms with Gasteiger partial charge in [-0.3, -0.25) is 0 Å². The molecular formula is C16H11F5O2. The first-order chi connectivity index (χ1) is 10.6. The van der Waals surface area contributed by atoms with Crippen LogP contribution >= 0.6 is 0 Å². The standard InChI is InChI=1S/C16H11F5O2/c1-8-5-11(14(18)12(6-8)15(22)23-2)10-4-3-9(17)7-13(10)16(19,20)21/h3-7H,1-2H3. The van der Waals surface area contributed by atoms with E-state index in [2.05, 4.69) is 4.74 Å². The molecular weight excluding hydrogens is 319 g/mol. The topological polar surface area (TPSA) is 26.3 Å². The Morgan fingerprint density at radius 2 is 1.70 bits per heavy atom. The van der Waals surface area contributed by atoms with Crippen LogP contribution < -0.4 is 0 Å². The number of aryl methyl sites for hydroxylation is 1. The van der Waals surface area contributed by atoms with Crippen molar-refractivity contribution in [3.8, 4) is 11.1 Å². The van der Waals surface area contributed by atoms with Gasteiger partial charge >= 0.3 is 12.1 Å². The van der Waals surface area contributed by atoms with E-state index < -0.39 is 46.0 Å². The van der Waals surface area contributed by atoms with E-state index in [0.29, 0.717) is 5.56 Å². The van der Waals surface area contributed by atoms with Gasteiger partial charge in [-0.05, 0) is 42.3 Å². The Morgan fingerprint density at radius 3 is 2.26 bits per heavy atom. The summed E-state index contributed by atoms with van der Waals surface area (Å²) in [6.07, 6.45) is -4.88. The fourth-order valence-corrected chi connectivity index (χ4v) is 2.21. The number of hydrogen-bond donors (Lipinski definition) is 0.